The summed E-state index contributed by atoms with van der Waals surface area (Å²) in [6.45, 7) is 0.0458. The first kappa shape index (κ1) is 14.6. The molecule has 1 aliphatic heterocycles. The predicted octanol–water partition coefficient (Wildman–Crippen LogP) is 1.47. The molecule has 1 aromatic rings. The first-order valence-electron chi connectivity index (χ1n) is 6.59. The fourth-order valence-corrected chi connectivity index (χ4v) is 2.16. The van der Waals surface area contributed by atoms with Gasteiger partial charge >= 0.3 is 5.97 Å². The van der Waals surface area contributed by atoms with Crippen LogP contribution in [0.5, 0.6) is 5.75 Å². The average molecular weight is 278 g/mol. The van der Waals surface area contributed by atoms with Crippen LogP contribution in [-0.2, 0) is 4.74 Å². The van der Waals surface area contributed by atoms with Gasteiger partial charge in [-0.2, -0.15) is 0 Å². The fraction of sp³-hybridized carbons (Fsp3) is 0.400. The Hall–Kier alpha value is -1.85. The summed E-state index contributed by atoms with van der Waals surface area (Å²) < 4.78 is 5.05. The molecule has 0 aromatic heterocycles. The van der Waals surface area contributed by atoms with E-state index in [1.807, 2.05) is 0 Å². The molecular formula is C15H18O5. The molecule has 0 radical (unpaired) electrons. The Kier molecular flexibility index (Phi) is 4.76. The third-order valence-corrected chi connectivity index (χ3v) is 3.21. The molecule has 0 saturated heterocycles. The number of carbonyl (C=O) groups is 1. The van der Waals surface area contributed by atoms with Gasteiger partial charge < -0.3 is 20.1 Å². The van der Waals surface area contributed by atoms with Gasteiger partial charge in [0.15, 0.2) is 0 Å². The summed E-state index contributed by atoms with van der Waals surface area (Å²) >= 11 is 0. The van der Waals surface area contributed by atoms with Crippen molar-refractivity contribution in [2.75, 3.05) is 6.61 Å². The van der Waals surface area contributed by atoms with Gasteiger partial charge in [-0.25, -0.2) is 4.79 Å². The number of esters is 1. The van der Waals surface area contributed by atoms with E-state index in [0.717, 1.165) is 0 Å². The standard InChI is InChI=1S/C15H18O5/c16-11-5-1-3-10-4-2-6-13(18)14(10)15(19)20-8-7-12(17)9-11/h1-4,6,11-12,16-18H,5,7-9H2/b3-1-. The van der Waals surface area contributed by atoms with Crippen molar-refractivity contribution in [1.29, 1.82) is 0 Å². The van der Waals surface area contributed by atoms with Gasteiger partial charge in [0.25, 0.3) is 0 Å². The topological polar surface area (TPSA) is 87.0 Å². The van der Waals surface area contributed by atoms with Gasteiger partial charge in [0.05, 0.1) is 18.8 Å². The van der Waals surface area contributed by atoms with Gasteiger partial charge in [-0.05, 0) is 24.5 Å². The largest absolute Gasteiger partial charge is 0.507 e. The second kappa shape index (κ2) is 6.54. The number of phenolic OH excluding ortho intramolecular Hbond substituents is 1. The second-order valence-corrected chi connectivity index (χ2v) is 4.85. The highest BCUT2D eigenvalue weighted by molar-refractivity contribution is 5.96. The van der Waals surface area contributed by atoms with Crippen LogP contribution < -0.4 is 0 Å². The van der Waals surface area contributed by atoms with E-state index in [2.05, 4.69) is 0 Å². The van der Waals surface area contributed by atoms with Crippen LogP contribution in [0.3, 0.4) is 0 Å². The maximum Gasteiger partial charge on any atom is 0.342 e. The number of aliphatic hydroxyl groups excluding tert-OH is 2. The third kappa shape index (κ3) is 3.59. The van der Waals surface area contributed by atoms with Crippen LogP contribution in [0.1, 0.15) is 35.2 Å². The molecular weight excluding hydrogens is 260 g/mol. The lowest BCUT2D eigenvalue weighted by Gasteiger charge is -2.16. The molecule has 0 bridgehead atoms. The minimum absolute atomic E-state index is 0.0458. The lowest BCUT2D eigenvalue weighted by Crippen LogP contribution is -2.20. The zero-order valence-corrected chi connectivity index (χ0v) is 11.0. The van der Waals surface area contributed by atoms with Crippen molar-refractivity contribution in [3.63, 3.8) is 0 Å². The van der Waals surface area contributed by atoms with E-state index in [9.17, 15) is 20.1 Å². The average Bonchev–Trinajstić information content (AvgIpc) is 2.37. The van der Waals surface area contributed by atoms with Gasteiger partial charge in [0, 0.05) is 6.42 Å². The molecule has 5 nitrogen and oxygen atoms in total. The number of phenols is 1. The maximum absolute atomic E-state index is 12.0. The highest BCUT2D eigenvalue weighted by Gasteiger charge is 2.18. The Morgan fingerprint density at radius 3 is 2.80 bits per heavy atom. The van der Waals surface area contributed by atoms with Crippen molar-refractivity contribution < 1.29 is 24.9 Å². The number of benzene rings is 1. The number of aromatic hydroxyl groups is 1. The van der Waals surface area contributed by atoms with Crippen molar-refractivity contribution >= 4 is 12.0 Å². The molecule has 2 rings (SSSR count). The molecule has 20 heavy (non-hydrogen) atoms. The Balaban J connectivity index is 2.31. The van der Waals surface area contributed by atoms with Crippen molar-refractivity contribution in [2.45, 2.75) is 31.5 Å². The molecule has 0 aliphatic carbocycles. The lowest BCUT2D eigenvalue weighted by molar-refractivity contribution is 0.0346. The van der Waals surface area contributed by atoms with Crippen molar-refractivity contribution in [2.24, 2.45) is 0 Å². The molecule has 1 heterocycles. The van der Waals surface area contributed by atoms with E-state index >= 15 is 0 Å². The SMILES string of the molecule is O=C1OCCC(O)CC(O)C/C=C\c2cccc(O)c21. The number of aliphatic hydroxyl groups is 2. The number of hydrogen-bond acceptors (Lipinski definition) is 5. The van der Waals surface area contributed by atoms with Gasteiger partial charge in [-0.15, -0.1) is 0 Å². The van der Waals surface area contributed by atoms with E-state index < -0.39 is 18.2 Å². The summed E-state index contributed by atoms with van der Waals surface area (Å²) in [6, 6.07) is 4.75. The third-order valence-electron chi connectivity index (χ3n) is 3.21. The van der Waals surface area contributed by atoms with Crippen molar-refractivity contribution in [1.82, 2.24) is 0 Å². The van der Waals surface area contributed by atoms with Gasteiger partial charge in [0.1, 0.15) is 11.3 Å². The smallest absolute Gasteiger partial charge is 0.342 e. The van der Waals surface area contributed by atoms with Crippen molar-refractivity contribution in [3.8, 4) is 5.75 Å². The van der Waals surface area contributed by atoms with E-state index in [0.29, 0.717) is 12.0 Å². The first-order chi connectivity index (χ1) is 9.58. The molecule has 3 N–H and O–H groups in total. The minimum Gasteiger partial charge on any atom is -0.507 e. The number of carbonyl (C=O) groups excluding carboxylic acids is 1. The molecule has 1 aliphatic rings. The maximum atomic E-state index is 12.0. The zero-order valence-electron chi connectivity index (χ0n) is 11.0. The predicted molar refractivity (Wildman–Crippen MR) is 73.3 cm³/mol. The fourth-order valence-electron chi connectivity index (χ4n) is 2.16. The molecule has 0 fully saturated rings. The molecule has 108 valence electrons. The number of hydrogen-bond donors (Lipinski definition) is 3. The Morgan fingerprint density at radius 2 is 2.00 bits per heavy atom. The summed E-state index contributed by atoms with van der Waals surface area (Å²) in [5.41, 5.74) is 0.650. The van der Waals surface area contributed by atoms with Gasteiger partial charge in [-0.1, -0.05) is 24.3 Å². The van der Waals surface area contributed by atoms with E-state index in [-0.39, 0.29) is 30.8 Å². The molecule has 0 amide bonds. The molecule has 0 spiro atoms. The molecule has 2 atom stereocenters. The van der Waals surface area contributed by atoms with Crippen LogP contribution in [0.4, 0.5) is 0 Å². The summed E-state index contributed by atoms with van der Waals surface area (Å²) in [4.78, 5) is 12.0. The molecule has 5 heteroatoms. The summed E-state index contributed by atoms with van der Waals surface area (Å²) in [7, 11) is 0. The van der Waals surface area contributed by atoms with Crippen LogP contribution in [0.25, 0.3) is 6.08 Å². The number of cyclic esters (lactones) is 1. The summed E-state index contributed by atoms with van der Waals surface area (Å²) in [5.74, 6) is -0.758. The number of fused-ring (bicyclic) bond motifs is 1. The summed E-state index contributed by atoms with van der Waals surface area (Å²) in [5, 5.41) is 29.2. The Bertz CT molecular complexity index is 509. The highest BCUT2D eigenvalue weighted by Crippen LogP contribution is 2.24. The monoisotopic (exact) mass is 278 g/mol. The molecule has 1 aromatic carbocycles. The van der Waals surface area contributed by atoms with Crippen LogP contribution in [0, 0.1) is 0 Å². The van der Waals surface area contributed by atoms with E-state index in [4.69, 9.17) is 4.74 Å². The number of ether oxygens (including phenoxy) is 1. The van der Waals surface area contributed by atoms with Crippen LogP contribution in [0.2, 0.25) is 0 Å². The van der Waals surface area contributed by atoms with E-state index in [1.165, 1.54) is 6.07 Å². The zero-order chi connectivity index (χ0) is 14.5. The van der Waals surface area contributed by atoms with Gasteiger partial charge in [0.2, 0.25) is 0 Å². The summed E-state index contributed by atoms with van der Waals surface area (Å²) in [6.07, 6.45) is 2.90. The number of rotatable bonds is 0. The minimum atomic E-state index is -0.713. The van der Waals surface area contributed by atoms with Gasteiger partial charge in [-0.3, -0.25) is 0 Å². The van der Waals surface area contributed by atoms with E-state index in [1.54, 1.807) is 24.3 Å². The lowest BCUT2D eigenvalue weighted by atomic mass is 10.0. The normalized spacial score (nSPS) is 25.8. The Labute approximate surface area is 117 Å². The van der Waals surface area contributed by atoms with Crippen molar-refractivity contribution in [3.05, 3.63) is 35.4 Å². The molecule has 2 unspecified atom stereocenters. The highest BCUT2D eigenvalue weighted by atomic mass is 16.5. The van der Waals surface area contributed by atoms with Crippen LogP contribution in [0.15, 0.2) is 24.3 Å². The Morgan fingerprint density at radius 1 is 1.20 bits per heavy atom. The quantitative estimate of drug-likeness (QED) is 0.626. The molecule has 0 saturated carbocycles. The van der Waals surface area contributed by atoms with Crippen LogP contribution in [-0.4, -0.2) is 40.1 Å². The second-order valence-electron chi connectivity index (χ2n) is 4.85. The van der Waals surface area contributed by atoms with Crippen LogP contribution >= 0.6 is 0 Å². The first-order valence-corrected chi connectivity index (χ1v) is 6.59.